The van der Waals surface area contributed by atoms with Crippen LogP contribution in [0.15, 0.2) is 97.2 Å². The van der Waals surface area contributed by atoms with Crippen molar-refractivity contribution < 1.29 is 28.6 Å². The lowest BCUT2D eigenvalue weighted by atomic mass is 10.0. The molecule has 0 N–H and O–H groups in total. The highest BCUT2D eigenvalue weighted by Gasteiger charge is 2.19. The van der Waals surface area contributed by atoms with Gasteiger partial charge < -0.3 is 14.2 Å². The summed E-state index contributed by atoms with van der Waals surface area (Å²) in [6.07, 6.45) is 81.4. The van der Waals surface area contributed by atoms with Crippen LogP contribution in [-0.2, 0) is 28.6 Å². The Morgan fingerprint density at radius 3 is 0.918 bits per heavy atom. The predicted octanol–water partition coefficient (Wildman–Crippen LogP) is 20.9. The number of carbonyl (C=O) groups excluding carboxylic acids is 3. The van der Waals surface area contributed by atoms with Gasteiger partial charge in [0.2, 0.25) is 0 Å². The maximum absolute atomic E-state index is 12.9. The van der Waals surface area contributed by atoms with E-state index in [-0.39, 0.29) is 37.5 Å². The summed E-state index contributed by atoms with van der Waals surface area (Å²) in [7, 11) is 0. The minimum atomic E-state index is -0.810. The summed E-state index contributed by atoms with van der Waals surface area (Å²) in [4.78, 5) is 38.2. The Hall–Kier alpha value is -3.67. The van der Waals surface area contributed by atoms with Gasteiger partial charge in [0.1, 0.15) is 13.2 Å². The largest absolute Gasteiger partial charge is 0.462 e. The number of hydrogen-bond acceptors (Lipinski definition) is 6. The second-order valence-corrected chi connectivity index (χ2v) is 20.2. The highest BCUT2D eigenvalue weighted by molar-refractivity contribution is 5.71. The molecule has 0 heterocycles. The highest BCUT2D eigenvalue weighted by Crippen LogP contribution is 2.17. The zero-order valence-corrected chi connectivity index (χ0v) is 47.9. The van der Waals surface area contributed by atoms with Gasteiger partial charge in [-0.15, -0.1) is 0 Å². The lowest BCUT2D eigenvalue weighted by Gasteiger charge is -2.18. The van der Waals surface area contributed by atoms with Crippen LogP contribution in [0.25, 0.3) is 0 Å². The van der Waals surface area contributed by atoms with Crippen molar-refractivity contribution >= 4 is 17.9 Å². The summed E-state index contributed by atoms with van der Waals surface area (Å²) in [6.45, 7) is 6.37. The molecule has 0 spiro atoms. The van der Waals surface area contributed by atoms with Crippen LogP contribution in [0.1, 0.15) is 290 Å². The Kier molecular flexibility index (Phi) is 57.8. The fourth-order valence-corrected chi connectivity index (χ4v) is 8.57. The van der Waals surface area contributed by atoms with Crippen molar-refractivity contribution in [2.75, 3.05) is 13.2 Å². The van der Waals surface area contributed by atoms with Crippen LogP contribution in [0, 0.1) is 0 Å². The summed E-state index contributed by atoms with van der Waals surface area (Å²) >= 11 is 0. The minimum absolute atomic E-state index is 0.102. The van der Waals surface area contributed by atoms with Gasteiger partial charge in [-0.1, -0.05) is 285 Å². The van der Waals surface area contributed by atoms with Crippen molar-refractivity contribution in [2.24, 2.45) is 0 Å². The second-order valence-electron chi connectivity index (χ2n) is 20.2. The average Bonchev–Trinajstić information content (AvgIpc) is 3.39. The number of carbonyl (C=O) groups is 3. The van der Waals surface area contributed by atoms with Gasteiger partial charge in [-0.3, -0.25) is 14.4 Å². The Bertz CT molecular complexity index is 1440. The molecule has 0 aromatic rings. The molecule has 0 bridgehead atoms. The number of rotatable bonds is 55. The first-order chi connectivity index (χ1) is 36.0. The molecule has 0 aliphatic carbocycles. The van der Waals surface area contributed by atoms with E-state index in [0.717, 1.165) is 96.3 Å². The lowest BCUT2D eigenvalue weighted by Crippen LogP contribution is -2.30. The van der Waals surface area contributed by atoms with Gasteiger partial charge in [0.05, 0.1) is 0 Å². The average molecular weight is 1020 g/mol. The van der Waals surface area contributed by atoms with Crippen molar-refractivity contribution in [3.63, 3.8) is 0 Å². The molecule has 0 rings (SSSR count). The zero-order valence-electron chi connectivity index (χ0n) is 47.9. The fraction of sp³-hybridized carbons (Fsp3) is 0.716. The summed E-state index contributed by atoms with van der Waals surface area (Å²) in [6, 6.07) is 0. The Labute approximate surface area is 451 Å². The van der Waals surface area contributed by atoms with Gasteiger partial charge in [-0.05, 0) is 83.5 Å². The molecule has 0 aromatic carbocycles. The molecular weight excluding hydrogens is 901 g/mol. The number of hydrogen-bond donors (Lipinski definition) is 0. The Balaban J connectivity index is 4.38. The van der Waals surface area contributed by atoms with Crippen LogP contribution >= 0.6 is 0 Å². The van der Waals surface area contributed by atoms with Crippen LogP contribution in [-0.4, -0.2) is 37.2 Å². The van der Waals surface area contributed by atoms with E-state index in [0.29, 0.717) is 19.3 Å². The van der Waals surface area contributed by atoms with Crippen molar-refractivity contribution in [1.82, 2.24) is 0 Å². The van der Waals surface area contributed by atoms with Crippen LogP contribution in [0.3, 0.4) is 0 Å². The molecule has 6 nitrogen and oxygen atoms in total. The van der Waals surface area contributed by atoms with Gasteiger partial charge in [-0.2, -0.15) is 0 Å². The third-order valence-corrected chi connectivity index (χ3v) is 13.1. The first-order valence-electron chi connectivity index (χ1n) is 30.7. The van der Waals surface area contributed by atoms with Gasteiger partial charge in [-0.25, -0.2) is 0 Å². The van der Waals surface area contributed by atoms with E-state index in [2.05, 4.69) is 112 Å². The maximum atomic E-state index is 12.9. The summed E-state index contributed by atoms with van der Waals surface area (Å²) < 4.78 is 16.8. The normalized spacial score (nSPS) is 12.8. The molecule has 0 aliphatic rings. The van der Waals surface area contributed by atoms with E-state index in [1.54, 1.807) is 0 Å². The molecule has 73 heavy (non-hydrogen) atoms. The molecule has 0 amide bonds. The maximum Gasteiger partial charge on any atom is 0.306 e. The van der Waals surface area contributed by atoms with Crippen LogP contribution in [0.2, 0.25) is 0 Å². The second kappa shape index (κ2) is 60.9. The molecule has 0 aliphatic heterocycles. The van der Waals surface area contributed by atoms with E-state index in [1.165, 1.54) is 148 Å². The third-order valence-electron chi connectivity index (χ3n) is 13.1. The summed E-state index contributed by atoms with van der Waals surface area (Å²) in [5.41, 5.74) is 0. The zero-order chi connectivity index (χ0) is 52.9. The molecule has 0 saturated heterocycles. The Morgan fingerprint density at radius 1 is 0.288 bits per heavy atom. The van der Waals surface area contributed by atoms with E-state index in [9.17, 15) is 14.4 Å². The van der Waals surface area contributed by atoms with Crippen LogP contribution in [0.5, 0.6) is 0 Å². The molecule has 6 heteroatoms. The van der Waals surface area contributed by atoms with E-state index in [1.807, 2.05) is 6.08 Å². The van der Waals surface area contributed by atoms with Gasteiger partial charge in [0, 0.05) is 19.3 Å². The first-order valence-corrected chi connectivity index (χ1v) is 30.7. The quantitative estimate of drug-likeness (QED) is 0.0261. The monoisotopic (exact) mass is 1010 g/mol. The van der Waals surface area contributed by atoms with Crippen molar-refractivity contribution in [3.05, 3.63) is 97.2 Å². The van der Waals surface area contributed by atoms with E-state index in [4.69, 9.17) is 14.2 Å². The van der Waals surface area contributed by atoms with Gasteiger partial charge in [0.25, 0.3) is 0 Å². The molecule has 0 radical (unpaired) electrons. The Morgan fingerprint density at radius 2 is 0.562 bits per heavy atom. The molecule has 0 aromatic heterocycles. The van der Waals surface area contributed by atoms with Crippen molar-refractivity contribution in [1.29, 1.82) is 0 Å². The first kappa shape index (κ1) is 69.3. The highest BCUT2D eigenvalue weighted by atomic mass is 16.6. The number of unbranched alkanes of at least 4 members (excludes halogenated alkanes) is 28. The van der Waals surface area contributed by atoms with Crippen molar-refractivity contribution in [3.8, 4) is 0 Å². The third kappa shape index (κ3) is 59.1. The molecule has 0 saturated carbocycles. The number of ether oxygens (including phenoxy) is 3. The predicted molar refractivity (Wildman–Crippen MR) is 316 cm³/mol. The molecule has 418 valence electrons. The lowest BCUT2D eigenvalue weighted by molar-refractivity contribution is -0.166. The fourth-order valence-electron chi connectivity index (χ4n) is 8.57. The number of esters is 3. The smallest absolute Gasteiger partial charge is 0.306 e. The minimum Gasteiger partial charge on any atom is -0.462 e. The molecule has 1 atom stereocenters. The summed E-state index contributed by atoms with van der Waals surface area (Å²) in [5.74, 6) is -0.985. The molecule has 0 fully saturated rings. The number of allylic oxidation sites excluding steroid dienone is 16. The van der Waals surface area contributed by atoms with E-state index < -0.39 is 6.10 Å². The topological polar surface area (TPSA) is 78.9 Å². The summed E-state index contributed by atoms with van der Waals surface area (Å²) in [5, 5.41) is 0. The van der Waals surface area contributed by atoms with Crippen molar-refractivity contribution in [2.45, 2.75) is 297 Å². The van der Waals surface area contributed by atoms with E-state index >= 15 is 0 Å². The molecular formula is C67H114O6. The van der Waals surface area contributed by atoms with Gasteiger partial charge >= 0.3 is 17.9 Å². The molecule has 1 unspecified atom stereocenters. The SMILES string of the molecule is CC/C=C\C/C=C\C/C=C\C/C=C\CCCCCCCCCCC(=O)OCC(COC(=O)CC/C=C\C/C=C\C/C=C\C/C=C\CC)OC(=O)CCCCCCCCCCCCCCCCCCCCCCC. The van der Waals surface area contributed by atoms with Crippen LogP contribution in [0.4, 0.5) is 0 Å². The van der Waals surface area contributed by atoms with Crippen LogP contribution < -0.4 is 0 Å². The standard InChI is InChI=1S/C67H114O6/c1-4-7-10-13-16-19-22-25-27-29-31-33-35-37-39-42-45-48-51-54-57-60-66(69)72-63-64(62-71-65(68)59-56-53-50-47-44-41-24-21-18-15-12-9-6-3)73-67(70)61-58-55-52-49-46-43-40-38-36-34-32-30-28-26-23-20-17-14-11-8-5-2/h7,9-10,12,16,18-19,21,25,27,31,33,41,44,50,53,64H,4-6,8,11,13-15,17,20,22-24,26,28-30,32,34-40,42-43,45-49,51-52,54-63H2,1-3H3/b10-7-,12-9-,19-16-,21-18-,27-25-,33-31-,44-41-,53-50-. The van der Waals surface area contributed by atoms with Gasteiger partial charge in [0.15, 0.2) is 6.10 Å².